The average molecular weight is 264 g/mol. The molecule has 0 spiro atoms. The summed E-state index contributed by atoms with van der Waals surface area (Å²) >= 11 is 1.89. The van der Waals surface area contributed by atoms with Crippen molar-refractivity contribution in [2.24, 2.45) is 5.16 Å². The van der Waals surface area contributed by atoms with Crippen LogP contribution in [-0.4, -0.2) is 36.0 Å². The van der Waals surface area contributed by atoms with Crippen molar-refractivity contribution in [3.63, 3.8) is 0 Å². The first-order valence-corrected chi connectivity index (χ1v) is 7.80. The van der Waals surface area contributed by atoms with E-state index in [0.29, 0.717) is 0 Å². The zero-order chi connectivity index (χ0) is 12.8. The normalized spacial score (nSPS) is 17.6. The van der Waals surface area contributed by atoms with Crippen molar-refractivity contribution in [2.45, 2.75) is 19.3 Å². The van der Waals surface area contributed by atoms with Crippen molar-refractivity contribution in [3.8, 4) is 0 Å². The van der Waals surface area contributed by atoms with Crippen molar-refractivity contribution in [3.05, 3.63) is 29.8 Å². The Hall–Kier alpha value is -1.16. The van der Waals surface area contributed by atoms with Crippen LogP contribution in [0.25, 0.3) is 0 Å². The number of hydrogen-bond donors (Lipinski definition) is 1. The number of rotatable bonds is 4. The molecular weight excluding hydrogens is 244 g/mol. The van der Waals surface area contributed by atoms with Gasteiger partial charge in [0.1, 0.15) is 0 Å². The fourth-order valence-electron chi connectivity index (χ4n) is 2.42. The van der Waals surface area contributed by atoms with Gasteiger partial charge in [0.25, 0.3) is 0 Å². The molecule has 2 rings (SSSR count). The van der Waals surface area contributed by atoms with Crippen molar-refractivity contribution >= 4 is 23.2 Å². The fraction of sp³-hybridized carbons (Fsp3) is 0.500. The minimum Gasteiger partial charge on any atom is -0.411 e. The van der Waals surface area contributed by atoms with E-state index in [1.807, 2.05) is 17.8 Å². The fourth-order valence-corrected chi connectivity index (χ4v) is 2.84. The monoisotopic (exact) mass is 264 g/mol. The second-order valence-corrected chi connectivity index (χ2v) is 5.49. The summed E-state index contributed by atoms with van der Waals surface area (Å²) in [7, 11) is 0. The van der Waals surface area contributed by atoms with E-state index in [-0.39, 0.29) is 0 Å². The summed E-state index contributed by atoms with van der Waals surface area (Å²) in [6, 6.07) is 8.25. The van der Waals surface area contributed by atoms with Gasteiger partial charge in [-0.3, -0.25) is 0 Å². The highest BCUT2D eigenvalue weighted by Gasteiger charge is 2.18. The molecular formula is C14H20N2OS. The Bertz CT molecular complexity index is 420. The van der Waals surface area contributed by atoms with E-state index in [4.69, 9.17) is 5.21 Å². The molecule has 1 heterocycles. The third kappa shape index (κ3) is 2.99. The van der Waals surface area contributed by atoms with E-state index >= 15 is 0 Å². The molecule has 0 amide bonds. The molecule has 0 atom stereocenters. The Balaban J connectivity index is 2.22. The second kappa shape index (κ2) is 6.69. The van der Waals surface area contributed by atoms with Gasteiger partial charge in [-0.25, -0.2) is 0 Å². The van der Waals surface area contributed by atoms with E-state index < -0.39 is 0 Å². The van der Waals surface area contributed by atoms with Gasteiger partial charge in [-0.2, -0.15) is 11.8 Å². The molecule has 1 aliphatic heterocycles. The molecule has 0 unspecified atom stereocenters. The predicted octanol–water partition coefficient (Wildman–Crippen LogP) is 3.22. The summed E-state index contributed by atoms with van der Waals surface area (Å²) in [5, 5.41) is 12.6. The number of nitrogens with zero attached hydrogens (tertiary/aromatic N) is 2. The van der Waals surface area contributed by atoms with Crippen LogP contribution in [-0.2, 0) is 0 Å². The largest absolute Gasteiger partial charge is 0.411 e. The van der Waals surface area contributed by atoms with Crippen LogP contribution in [0.15, 0.2) is 29.4 Å². The molecule has 0 bridgehead atoms. The van der Waals surface area contributed by atoms with Gasteiger partial charge in [-0.15, -0.1) is 0 Å². The highest BCUT2D eigenvalue weighted by atomic mass is 32.2. The predicted molar refractivity (Wildman–Crippen MR) is 79.2 cm³/mol. The van der Waals surface area contributed by atoms with Crippen LogP contribution in [0.2, 0.25) is 0 Å². The molecule has 0 radical (unpaired) electrons. The first-order valence-electron chi connectivity index (χ1n) is 6.41. The van der Waals surface area contributed by atoms with Crippen molar-refractivity contribution in [2.75, 3.05) is 30.0 Å². The average Bonchev–Trinajstić information content (AvgIpc) is 2.59. The van der Waals surface area contributed by atoms with Gasteiger partial charge in [0.15, 0.2) is 0 Å². The Morgan fingerprint density at radius 3 is 3.00 bits per heavy atom. The molecule has 1 aliphatic rings. The summed E-state index contributed by atoms with van der Waals surface area (Å²) in [5.74, 6) is 1.19. The van der Waals surface area contributed by atoms with Crippen molar-refractivity contribution in [1.29, 1.82) is 0 Å². The highest BCUT2D eigenvalue weighted by Crippen LogP contribution is 2.26. The molecule has 18 heavy (non-hydrogen) atoms. The molecule has 1 N–H and O–H groups in total. The standard InChI is InChI=1S/C14H20N2OS/c1-18-11-5-10-16-9-4-7-13(15-17)12-6-2-3-8-14(12)16/h2-3,6,8,17H,4-5,7,9-11H2,1H3/b15-13-. The number of anilines is 1. The van der Waals surface area contributed by atoms with Crippen LogP contribution < -0.4 is 4.90 Å². The number of para-hydroxylation sites is 1. The molecule has 1 aromatic rings. The van der Waals surface area contributed by atoms with Gasteiger partial charge in [-0.1, -0.05) is 23.4 Å². The Kier molecular flexibility index (Phi) is 4.93. The molecule has 0 aliphatic carbocycles. The number of fused-ring (bicyclic) bond motifs is 1. The summed E-state index contributed by atoms with van der Waals surface area (Å²) in [6.07, 6.45) is 5.24. The molecule has 0 saturated carbocycles. The lowest BCUT2D eigenvalue weighted by atomic mass is 10.1. The molecule has 4 heteroatoms. The minimum absolute atomic E-state index is 0.818. The van der Waals surface area contributed by atoms with Crippen LogP contribution in [0.1, 0.15) is 24.8 Å². The highest BCUT2D eigenvalue weighted by molar-refractivity contribution is 7.98. The van der Waals surface area contributed by atoms with Gasteiger partial charge in [0, 0.05) is 24.3 Å². The van der Waals surface area contributed by atoms with Gasteiger partial charge < -0.3 is 10.1 Å². The molecule has 3 nitrogen and oxygen atoms in total. The topological polar surface area (TPSA) is 35.8 Å². The van der Waals surface area contributed by atoms with Crippen molar-refractivity contribution in [1.82, 2.24) is 0 Å². The molecule has 0 aromatic heterocycles. The van der Waals surface area contributed by atoms with E-state index in [1.54, 1.807) is 0 Å². The van der Waals surface area contributed by atoms with Gasteiger partial charge in [0.2, 0.25) is 0 Å². The first kappa shape index (κ1) is 13.3. The smallest absolute Gasteiger partial charge is 0.0889 e. The molecule has 98 valence electrons. The van der Waals surface area contributed by atoms with E-state index in [2.05, 4.69) is 34.5 Å². The number of thioether (sulfide) groups is 1. The third-order valence-corrected chi connectivity index (χ3v) is 3.99. The van der Waals surface area contributed by atoms with Crippen LogP contribution in [0.5, 0.6) is 0 Å². The van der Waals surface area contributed by atoms with Gasteiger partial charge >= 0.3 is 0 Å². The summed E-state index contributed by atoms with van der Waals surface area (Å²) in [5.41, 5.74) is 3.11. The third-order valence-electron chi connectivity index (χ3n) is 3.29. The Morgan fingerprint density at radius 1 is 1.39 bits per heavy atom. The number of benzene rings is 1. The van der Waals surface area contributed by atoms with E-state index in [1.165, 1.54) is 17.9 Å². The van der Waals surface area contributed by atoms with Crippen molar-refractivity contribution < 1.29 is 5.21 Å². The molecule has 0 saturated heterocycles. The Morgan fingerprint density at radius 2 is 2.22 bits per heavy atom. The van der Waals surface area contributed by atoms with Crippen LogP contribution >= 0.6 is 11.8 Å². The van der Waals surface area contributed by atoms with Crippen LogP contribution in [0.3, 0.4) is 0 Å². The number of oxime groups is 1. The van der Waals surface area contributed by atoms with E-state index in [0.717, 1.165) is 37.2 Å². The second-order valence-electron chi connectivity index (χ2n) is 4.50. The maximum atomic E-state index is 9.13. The minimum atomic E-state index is 0.818. The van der Waals surface area contributed by atoms with Crippen LogP contribution in [0.4, 0.5) is 5.69 Å². The molecule has 1 aromatic carbocycles. The quantitative estimate of drug-likeness (QED) is 0.515. The Labute approximate surface area is 113 Å². The maximum Gasteiger partial charge on any atom is 0.0889 e. The first-order chi connectivity index (χ1) is 8.86. The van der Waals surface area contributed by atoms with E-state index in [9.17, 15) is 0 Å². The lowest BCUT2D eigenvalue weighted by Gasteiger charge is -2.24. The van der Waals surface area contributed by atoms with Gasteiger partial charge in [0.05, 0.1) is 5.71 Å². The lowest BCUT2D eigenvalue weighted by molar-refractivity contribution is 0.318. The summed E-state index contributed by atoms with van der Waals surface area (Å²) in [6.45, 7) is 2.13. The SMILES string of the molecule is CSCCCN1CCC/C(=N/O)c2ccccc21. The zero-order valence-corrected chi connectivity index (χ0v) is 11.6. The van der Waals surface area contributed by atoms with Gasteiger partial charge in [-0.05, 0) is 37.3 Å². The number of hydrogen-bond acceptors (Lipinski definition) is 4. The summed E-state index contributed by atoms with van der Waals surface area (Å²) < 4.78 is 0. The summed E-state index contributed by atoms with van der Waals surface area (Å²) in [4.78, 5) is 2.42. The molecule has 0 fully saturated rings. The zero-order valence-electron chi connectivity index (χ0n) is 10.8. The maximum absolute atomic E-state index is 9.13. The lowest BCUT2D eigenvalue weighted by Crippen LogP contribution is -2.25. The van der Waals surface area contributed by atoms with Crippen LogP contribution in [0, 0.1) is 0 Å².